The summed E-state index contributed by atoms with van der Waals surface area (Å²) in [6, 6.07) is 2.27. The molecule has 1 aromatic heterocycles. The van der Waals surface area contributed by atoms with Crippen molar-refractivity contribution in [3.8, 4) is 6.07 Å². The van der Waals surface area contributed by atoms with Gasteiger partial charge in [-0.15, -0.1) is 5.10 Å². The van der Waals surface area contributed by atoms with Gasteiger partial charge in [0, 0.05) is 20.0 Å². The number of tetrazole rings is 1. The monoisotopic (exact) mass is 285 g/mol. The van der Waals surface area contributed by atoms with Crippen LogP contribution in [0.1, 0.15) is 20.3 Å². The molecule has 0 aliphatic rings. The van der Waals surface area contributed by atoms with Crippen LogP contribution in [0.3, 0.4) is 0 Å². The van der Waals surface area contributed by atoms with Gasteiger partial charge in [0.15, 0.2) is 6.29 Å². The summed E-state index contributed by atoms with van der Waals surface area (Å²) in [6.45, 7) is 4.27. The second-order valence-electron chi connectivity index (χ2n) is 4.64. The fourth-order valence-corrected chi connectivity index (χ4v) is 2.40. The van der Waals surface area contributed by atoms with E-state index < -0.39 is 0 Å². The lowest BCUT2D eigenvalue weighted by molar-refractivity contribution is -0.113. The van der Waals surface area contributed by atoms with Crippen LogP contribution in [0.5, 0.6) is 0 Å². The van der Waals surface area contributed by atoms with Crippen LogP contribution in [-0.4, -0.2) is 46.5 Å². The van der Waals surface area contributed by atoms with Gasteiger partial charge >= 0.3 is 0 Å². The molecule has 0 spiro atoms. The minimum absolute atomic E-state index is 0.327. The zero-order valence-electron chi connectivity index (χ0n) is 11.7. The summed E-state index contributed by atoms with van der Waals surface area (Å²) in [4.78, 5) is 0. The van der Waals surface area contributed by atoms with Gasteiger partial charge in [0.05, 0.1) is 18.0 Å². The molecule has 7 nitrogen and oxygen atoms in total. The van der Waals surface area contributed by atoms with Gasteiger partial charge in [0.1, 0.15) is 0 Å². The number of hydrogen-bond acceptors (Lipinski definition) is 7. The first-order chi connectivity index (χ1) is 9.02. The highest BCUT2D eigenvalue weighted by atomic mass is 32.2. The summed E-state index contributed by atoms with van der Waals surface area (Å²) in [5, 5.41) is 21.1. The lowest BCUT2D eigenvalue weighted by Crippen LogP contribution is -2.22. The Bertz CT molecular complexity index is 425. The molecule has 0 saturated carbocycles. The highest BCUT2D eigenvalue weighted by molar-refractivity contribution is 7.99. The SMILES string of the molecule is COC(Cn1nnnc1SCCC(C)(C)C#N)OC. The predicted molar refractivity (Wildman–Crippen MR) is 70.4 cm³/mol. The lowest BCUT2D eigenvalue weighted by atomic mass is 9.93. The Hall–Kier alpha value is -1.17. The van der Waals surface area contributed by atoms with E-state index in [9.17, 15) is 0 Å². The topological polar surface area (TPSA) is 85.9 Å². The number of aromatic nitrogens is 4. The van der Waals surface area contributed by atoms with E-state index in [1.807, 2.05) is 13.8 Å². The largest absolute Gasteiger partial charge is 0.354 e. The summed E-state index contributed by atoms with van der Waals surface area (Å²) < 4.78 is 11.9. The molecular weight excluding hydrogens is 266 g/mol. The average molecular weight is 285 g/mol. The molecule has 1 aromatic rings. The molecule has 0 radical (unpaired) electrons. The fourth-order valence-electron chi connectivity index (χ4n) is 1.25. The van der Waals surface area contributed by atoms with Crippen LogP contribution in [0.25, 0.3) is 0 Å². The second kappa shape index (κ2) is 7.43. The normalized spacial score (nSPS) is 11.8. The van der Waals surface area contributed by atoms with Crippen molar-refractivity contribution in [3.05, 3.63) is 0 Å². The summed E-state index contributed by atoms with van der Waals surface area (Å²) in [5.41, 5.74) is -0.327. The first kappa shape index (κ1) is 15.9. The highest BCUT2D eigenvalue weighted by Gasteiger charge is 2.18. The second-order valence-corrected chi connectivity index (χ2v) is 5.70. The minimum atomic E-state index is -0.376. The molecule has 1 heterocycles. The van der Waals surface area contributed by atoms with E-state index >= 15 is 0 Å². The maximum Gasteiger partial charge on any atom is 0.209 e. The van der Waals surface area contributed by atoms with Gasteiger partial charge in [-0.05, 0) is 30.7 Å². The summed E-state index contributed by atoms with van der Waals surface area (Å²) in [6.07, 6.45) is 0.400. The van der Waals surface area contributed by atoms with Crippen molar-refractivity contribution in [1.29, 1.82) is 5.26 Å². The molecule has 19 heavy (non-hydrogen) atoms. The van der Waals surface area contributed by atoms with E-state index in [4.69, 9.17) is 14.7 Å². The van der Waals surface area contributed by atoms with E-state index in [2.05, 4.69) is 21.6 Å². The number of nitrogens with zero attached hydrogens (tertiary/aromatic N) is 5. The van der Waals surface area contributed by atoms with E-state index in [0.29, 0.717) is 11.7 Å². The maximum absolute atomic E-state index is 8.95. The molecule has 0 aromatic carbocycles. The number of hydrogen-bond donors (Lipinski definition) is 0. The quantitative estimate of drug-likeness (QED) is 0.526. The summed E-state index contributed by atoms with van der Waals surface area (Å²) >= 11 is 1.52. The number of nitriles is 1. The van der Waals surface area contributed by atoms with Crippen LogP contribution in [0.4, 0.5) is 0 Å². The number of ether oxygens (including phenoxy) is 2. The van der Waals surface area contributed by atoms with Crippen molar-refractivity contribution in [1.82, 2.24) is 20.2 Å². The molecule has 0 atom stereocenters. The van der Waals surface area contributed by atoms with Gasteiger partial charge in [0.25, 0.3) is 0 Å². The third kappa shape index (κ3) is 5.14. The molecule has 1 rings (SSSR count). The van der Waals surface area contributed by atoms with Crippen LogP contribution < -0.4 is 0 Å². The Morgan fingerprint density at radius 2 is 2.11 bits per heavy atom. The average Bonchev–Trinajstić information content (AvgIpc) is 2.83. The van der Waals surface area contributed by atoms with Crippen LogP contribution in [0.2, 0.25) is 0 Å². The van der Waals surface area contributed by atoms with Crippen molar-refractivity contribution in [2.75, 3.05) is 20.0 Å². The van der Waals surface area contributed by atoms with Crippen molar-refractivity contribution >= 4 is 11.8 Å². The number of thioether (sulfide) groups is 1. The van der Waals surface area contributed by atoms with Crippen LogP contribution in [0, 0.1) is 16.7 Å². The maximum atomic E-state index is 8.95. The van der Waals surface area contributed by atoms with E-state index in [0.717, 1.165) is 12.2 Å². The van der Waals surface area contributed by atoms with E-state index in [-0.39, 0.29) is 11.7 Å². The molecule has 106 valence electrons. The smallest absolute Gasteiger partial charge is 0.209 e. The summed E-state index contributed by atoms with van der Waals surface area (Å²) in [7, 11) is 3.14. The van der Waals surface area contributed by atoms with Gasteiger partial charge in [-0.1, -0.05) is 11.8 Å². The van der Waals surface area contributed by atoms with Gasteiger partial charge in [-0.3, -0.25) is 0 Å². The Kier molecular flexibility index (Phi) is 6.21. The first-order valence-corrected chi connectivity index (χ1v) is 6.87. The molecule has 8 heteroatoms. The van der Waals surface area contributed by atoms with Crippen molar-refractivity contribution in [2.45, 2.75) is 38.3 Å². The van der Waals surface area contributed by atoms with Crippen LogP contribution in [0.15, 0.2) is 5.16 Å². The van der Waals surface area contributed by atoms with Crippen LogP contribution >= 0.6 is 11.8 Å². The fraction of sp³-hybridized carbons (Fsp3) is 0.818. The van der Waals surface area contributed by atoms with E-state index in [1.54, 1.807) is 18.9 Å². The van der Waals surface area contributed by atoms with Crippen LogP contribution in [-0.2, 0) is 16.0 Å². The molecule has 0 unspecified atom stereocenters. The lowest BCUT2D eigenvalue weighted by Gasteiger charge is -2.15. The van der Waals surface area contributed by atoms with Gasteiger partial charge in [-0.2, -0.15) is 5.26 Å². The van der Waals surface area contributed by atoms with Crippen molar-refractivity contribution in [3.63, 3.8) is 0 Å². The highest BCUT2D eigenvalue weighted by Crippen LogP contribution is 2.24. The molecule has 0 N–H and O–H groups in total. The minimum Gasteiger partial charge on any atom is -0.354 e. The first-order valence-electron chi connectivity index (χ1n) is 5.88. The van der Waals surface area contributed by atoms with E-state index in [1.165, 1.54) is 11.8 Å². The molecular formula is C11H19N5O2S. The van der Waals surface area contributed by atoms with Gasteiger partial charge in [-0.25, -0.2) is 4.68 Å². The molecule has 0 aliphatic carbocycles. The third-order valence-electron chi connectivity index (χ3n) is 2.61. The number of rotatable bonds is 8. The Morgan fingerprint density at radius 3 is 2.68 bits per heavy atom. The molecule has 0 amide bonds. The Morgan fingerprint density at radius 1 is 1.42 bits per heavy atom. The third-order valence-corrected chi connectivity index (χ3v) is 3.57. The predicted octanol–water partition coefficient (Wildman–Crippen LogP) is 1.32. The molecule has 0 bridgehead atoms. The summed E-state index contributed by atoms with van der Waals surface area (Å²) in [5.74, 6) is 0.783. The molecule has 0 saturated heterocycles. The van der Waals surface area contributed by atoms with Gasteiger partial charge < -0.3 is 9.47 Å². The van der Waals surface area contributed by atoms with Gasteiger partial charge in [0.2, 0.25) is 5.16 Å². The molecule has 0 fully saturated rings. The molecule has 0 aliphatic heterocycles. The Balaban J connectivity index is 2.52. The van der Waals surface area contributed by atoms with Crippen molar-refractivity contribution in [2.24, 2.45) is 5.41 Å². The number of methoxy groups -OCH3 is 2. The standard InChI is InChI=1S/C11H19N5O2S/c1-11(2,8-12)5-6-19-10-13-14-15-16(10)7-9(17-3)18-4/h9H,5-7H2,1-4H3. The zero-order chi connectivity index (χ0) is 14.3. The Labute approximate surface area is 117 Å². The van der Waals surface area contributed by atoms with Crippen molar-refractivity contribution < 1.29 is 9.47 Å². The zero-order valence-corrected chi connectivity index (χ0v) is 12.5.